The number of benzene rings is 1. The second-order valence-corrected chi connectivity index (χ2v) is 5.76. The Kier molecular flexibility index (Phi) is 2.59. The predicted molar refractivity (Wildman–Crippen MR) is 59.8 cm³/mol. The van der Waals surface area contributed by atoms with E-state index >= 15 is 0 Å². The molecule has 1 heterocycles. The molecule has 86 valence electrons. The van der Waals surface area contributed by atoms with E-state index in [1.165, 1.54) is 24.3 Å². The first-order valence-electron chi connectivity index (χ1n) is 4.93. The van der Waals surface area contributed by atoms with Crippen LogP contribution in [0.4, 0.5) is 4.39 Å². The Hall–Kier alpha value is -1.20. The summed E-state index contributed by atoms with van der Waals surface area (Å²) in [6.45, 7) is 1.94. The van der Waals surface area contributed by atoms with Crippen molar-refractivity contribution in [2.45, 2.75) is 11.8 Å². The average molecular weight is 241 g/mol. The van der Waals surface area contributed by atoms with Crippen molar-refractivity contribution in [3.63, 3.8) is 0 Å². The minimum Gasteiger partial charge on any atom is -0.330 e. The molecule has 1 aliphatic rings. The molecule has 0 spiro atoms. The molecule has 1 aliphatic heterocycles. The van der Waals surface area contributed by atoms with Crippen LogP contribution in [0.1, 0.15) is 12.5 Å². The zero-order chi connectivity index (χ0) is 11.9. The minimum absolute atomic E-state index is 0.0443. The highest BCUT2D eigenvalue weighted by Crippen LogP contribution is 2.37. The van der Waals surface area contributed by atoms with Gasteiger partial charge in [-0.05, 0) is 24.8 Å². The summed E-state index contributed by atoms with van der Waals surface area (Å²) in [5.41, 5.74) is 5.60. The maximum absolute atomic E-state index is 13.4. The van der Waals surface area contributed by atoms with Crippen LogP contribution in [0, 0.1) is 11.7 Å². The molecule has 0 radical (unpaired) electrons. The van der Waals surface area contributed by atoms with Gasteiger partial charge >= 0.3 is 0 Å². The van der Waals surface area contributed by atoms with Gasteiger partial charge in [0.2, 0.25) is 9.84 Å². The van der Waals surface area contributed by atoms with Crippen LogP contribution in [0.2, 0.25) is 0 Å². The molecule has 0 bridgehead atoms. The molecule has 5 heteroatoms. The maximum Gasteiger partial charge on any atom is 0.203 e. The van der Waals surface area contributed by atoms with Gasteiger partial charge in [-0.2, -0.15) is 0 Å². The summed E-state index contributed by atoms with van der Waals surface area (Å²) in [4.78, 5) is 0.248. The standard InChI is InChI=1S/C11H12FNO2S/c1-7(6-13)11-5-8-9(12)3-2-4-10(8)16(11,14)15/h2-5,7H,6,13H2,1H3. The fourth-order valence-electron chi connectivity index (χ4n) is 1.76. The molecule has 0 saturated heterocycles. The van der Waals surface area contributed by atoms with E-state index in [2.05, 4.69) is 0 Å². The smallest absolute Gasteiger partial charge is 0.203 e. The molecule has 1 unspecified atom stereocenters. The third kappa shape index (κ3) is 1.47. The summed E-state index contributed by atoms with van der Waals surface area (Å²) in [5, 5.41) is 0. The van der Waals surface area contributed by atoms with Crippen LogP contribution >= 0.6 is 0 Å². The Morgan fingerprint density at radius 2 is 2.12 bits per heavy atom. The normalized spacial score (nSPS) is 19.1. The molecule has 1 aromatic rings. The van der Waals surface area contributed by atoms with E-state index in [1.807, 2.05) is 0 Å². The molecule has 0 saturated carbocycles. The number of sulfone groups is 1. The molecule has 3 nitrogen and oxygen atoms in total. The van der Waals surface area contributed by atoms with Crippen LogP contribution in [-0.2, 0) is 9.84 Å². The quantitative estimate of drug-likeness (QED) is 0.854. The lowest BCUT2D eigenvalue weighted by Crippen LogP contribution is -2.17. The van der Waals surface area contributed by atoms with E-state index in [4.69, 9.17) is 5.73 Å². The lowest BCUT2D eigenvalue weighted by Gasteiger charge is -2.09. The zero-order valence-electron chi connectivity index (χ0n) is 8.77. The first kappa shape index (κ1) is 11.3. The van der Waals surface area contributed by atoms with Crippen LogP contribution in [0.15, 0.2) is 28.0 Å². The zero-order valence-corrected chi connectivity index (χ0v) is 9.59. The van der Waals surface area contributed by atoms with Crippen molar-refractivity contribution in [2.75, 3.05) is 6.54 Å². The molecular weight excluding hydrogens is 229 g/mol. The van der Waals surface area contributed by atoms with Gasteiger partial charge in [-0.25, -0.2) is 12.8 Å². The van der Waals surface area contributed by atoms with Gasteiger partial charge in [0.25, 0.3) is 0 Å². The summed E-state index contributed by atoms with van der Waals surface area (Å²) in [6, 6.07) is 4.07. The Bertz CT molecular complexity index is 563. The number of halogens is 1. The summed E-state index contributed by atoms with van der Waals surface area (Å²) in [5.74, 6) is -0.808. The highest BCUT2D eigenvalue weighted by molar-refractivity contribution is 7.95. The third-order valence-electron chi connectivity index (χ3n) is 2.74. The van der Waals surface area contributed by atoms with Crippen molar-refractivity contribution in [1.29, 1.82) is 0 Å². The average Bonchev–Trinajstić information content (AvgIpc) is 2.52. The van der Waals surface area contributed by atoms with Crippen molar-refractivity contribution in [1.82, 2.24) is 0 Å². The molecule has 2 rings (SSSR count). The lowest BCUT2D eigenvalue weighted by atomic mass is 10.1. The Morgan fingerprint density at radius 3 is 2.69 bits per heavy atom. The van der Waals surface area contributed by atoms with E-state index in [0.29, 0.717) is 0 Å². The Balaban J connectivity index is 2.66. The second-order valence-electron chi connectivity index (χ2n) is 3.84. The highest BCUT2D eigenvalue weighted by Gasteiger charge is 2.33. The van der Waals surface area contributed by atoms with Gasteiger partial charge in [-0.15, -0.1) is 0 Å². The van der Waals surface area contributed by atoms with Gasteiger partial charge < -0.3 is 5.73 Å². The van der Waals surface area contributed by atoms with E-state index in [-0.39, 0.29) is 27.8 Å². The van der Waals surface area contributed by atoms with Crippen molar-refractivity contribution >= 4 is 15.9 Å². The van der Waals surface area contributed by atoms with Gasteiger partial charge in [0.1, 0.15) is 5.82 Å². The molecule has 1 aromatic carbocycles. The van der Waals surface area contributed by atoms with E-state index < -0.39 is 15.7 Å². The molecule has 0 amide bonds. The monoisotopic (exact) mass is 241 g/mol. The van der Waals surface area contributed by atoms with Crippen molar-refractivity contribution in [3.05, 3.63) is 34.5 Å². The summed E-state index contributed by atoms with van der Waals surface area (Å²) < 4.78 is 37.5. The minimum atomic E-state index is -3.54. The van der Waals surface area contributed by atoms with Crippen LogP contribution in [-0.4, -0.2) is 15.0 Å². The molecule has 2 N–H and O–H groups in total. The molecule has 0 aromatic heterocycles. The summed E-state index contributed by atoms with van der Waals surface area (Å²) in [7, 11) is -3.54. The van der Waals surface area contributed by atoms with Crippen LogP contribution in [0.25, 0.3) is 6.08 Å². The van der Waals surface area contributed by atoms with Gasteiger partial charge in [-0.1, -0.05) is 13.0 Å². The third-order valence-corrected chi connectivity index (χ3v) is 4.81. The number of nitrogens with two attached hydrogens (primary N) is 1. The largest absolute Gasteiger partial charge is 0.330 e. The topological polar surface area (TPSA) is 60.2 Å². The fourth-order valence-corrected chi connectivity index (χ4v) is 3.62. The van der Waals surface area contributed by atoms with Gasteiger partial charge in [0.15, 0.2) is 0 Å². The number of hydrogen-bond donors (Lipinski definition) is 1. The molecule has 1 atom stereocenters. The lowest BCUT2D eigenvalue weighted by molar-refractivity contribution is 0.591. The first-order chi connectivity index (χ1) is 7.48. The van der Waals surface area contributed by atoms with Gasteiger partial charge in [0, 0.05) is 11.5 Å². The Labute approximate surface area is 93.7 Å². The predicted octanol–water partition coefficient (Wildman–Crippen LogP) is 1.55. The summed E-state index contributed by atoms with van der Waals surface area (Å²) >= 11 is 0. The second kappa shape index (κ2) is 3.68. The fraction of sp³-hybridized carbons (Fsp3) is 0.273. The van der Waals surface area contributed by atoms with E-state index in [1.54, 1.807) is 6.92 Å². The van der Waals surface area contributed by atoms with Crippen LogP contribution in [0.3, 0.4) is 0 Å². The molecule has 16 heavy (non-hydrogen) atoms. The highest BCUT2D eigenvalue weighted by atomic mass is 32.2. The van der Waals surface area contributed by atoms with Crippen molar-refractivity contribution in [2.24, 2.45) is 11.7 Å². The number of rotatable bonds is 2. The SMILES string of the molecule is CC(CN)C1=Cc2c(F)cccc2S1(=O)=O. The molecule has 0 aliphatic carbocycles. The van der Waals surface area contributed by atoms with Crippen LogP contribution < -0.4 is 5.73 Å². The Morgan fingerprint density at radius 1 is 1.44 bits per heavy atom. The molecule has 0 fully saturated rings. The van der Waals surface area contributed by atoms with E-state index in [9.17, 15) is 12.8 Å². The number of fused-ring (bicyclic) bond motifs is 1. The van der Waals surface area contributed by atoms with E-state index in [0.717, 1.165) is 0 Å². The maximum atomic E-state index is 13.4. The summed E-state index contributed by atoms with van der Waals surface area (Å²) in [6.07, 6.45) is 1.39. The van der Waals surface area contributed by atoms with Crippen molar-refractivity contribution in [3.8, 4) is 0 Å². The first-order valence-corrected chi connectivity index (χ1v) is 6.42. The van der Waals surface area contributed by atoms with Gasteiger partial charge in [0.05, 0.1) is 9.80 Å². The van der Waals surface area contributed by atoms with Crippen LogP contribution in [0.5, 0.6) is 0 Å². The molecular formula is C11H12FNO2S. The number of hydrogen-bond acceptors (Lipinski definition) is 3. The van der Waals surface area contributed by atoms with Gasteiger partial charge in [-0.3, -0.25) is 0 Å². The van der Waals surface area contributed by atoms with Crippen molar-refractivity contribution < 1.29 is 12.8 Å².